The molecule has 1 aromatic carbocycles. The van der Waals surface area contributed by atoms with Gasteiger partial charge in [-0.1, -0.05) is 6.07 Å². The number of esters is 1. The molecule has 1 amide bonds. The standard InChI is InChI=1S/C25H36N4O5S/c1-8-34-25(31)22-17(3)28(7)18(4)23(22)35(32,33)29-13-9-10-19(15-29)24(30)26-20-12-11-16(2)21(14-20)27(5)6/h11-12,14,19H,8-10,13,15H2,1-7H3,(H,26,30)/t19-/m0/s1. The fourth-order valence-electron chi connectivity index (χ4n) is 4.59. The van der Waals surface area contributed by atoms with E-state index in [-0.39, 0.29) is 36.1 Å². The van der Waals surface area contributed by atoms with Gasteiger partial charge in [0, 0.05) is 57.0 Å². The molecule has 9 nitrogen and oxygen atoms in total. The minimum Gasteiger partial charge on any atom is -0.462 e. The third kappa shape index (κ3) is 5.23. The Labute approximate surface area is 208 Å². The zero-order chi connectivity index (χ0) is 26.1. The molecule has 0 aliphatic carbocycles. The molecule has 0 unspecified atom stereocenters. The molecule has 192 valence electrons. The highest BCUT2D eigenvalue weighted by Gasteiger charge is 2.39. The predicted octanol–water partition coefficient (Wildman–Crippen LogP) is 3.23. The lowest BCUT2D eigenvalue weighted by atomic mass is 9.98. The first-order valence-electron chi connectivity index (χ1n) is 11.8. The molecule has 0 radical (unpaired) electrons. The van der Waals surface area contributed by atoms with E-state index in [1.54, 1.807) is 32.4 Å². The summed E-state index contributed by atoms with van der Waals surface area (Å²) >= 11 is 0. The number of carbonyl (C=O) groups excluding carboxylic acids is 2. The highest BCUT2D eigenvalue weighted by molar-refractivity contribution is 7.89. The number of piperidine rings is 1. The number of ether oxygens (including phenoxy) is 1. The van der Waals surface area contributed by atoms with Crippen LogP contribution in [0.25, 0.3) is 0 Å². The minimum atomic E-state index is -4.03. The molecule has 1 aromatic heterocycles. The normalized spacial score (nSPS) is 16.7. The van der Waals surface area contributed by atoms with Crippen LogP contribution in [0.5, 0.6) is 0 Å². The summed E-state index contributed by atoms with van der Waals surface area (Å²) in [4.78, 5) is 27.7. The third-order valence-corrected chi connectivity index (χ3v) is 8.74. The molecule has 10 heteroatoms. The van der Waals surface area contributed by atoms with E-state index in [4.69, 9.17) is 4.74 Å². The molecule has 0 spiro atoms. The van der Waals surface area contributed by atoms with Crippen molar-refractivity contribution in [3.63, 3.8) is 0 Å². The van der Waals surface area contributed by atoms with E-state index < -0.39 is 21.9 Å². The van der Waals surface area contributed by atoms with E-state index in [9.17, 15) is 18.0 Å². The van der Waals surface area contributed by atoms with Gasteiger partial charge in [-0.25, -0.2) is 13.2 Å². The van der Waals surface area contributed by atoms with Crippen molar-refractivity contribution in [2.24, 2.45) is 13.0 Å². The van der Waals surface area contributed by atoms with E-state index in [0.29, 0.717) is 29.9 Å². The summed E-state index contributed by atoms with van der Waals surface area (Å²) in [5.41, 5.74) is 3.82. The number of nitrogens with zero attached hydrogens (tertiary/aromatic N) is 3. The number of amides is 1. The molecule has 35 heavy (non-hydrogen) atoms. The van der Waals surface area contributed by atoms with Crippen LogP contribution in [0.1, 0.15) is 47.1 Å². The SMILES string of the molecule is CCOC(=O)c1c(S(=O)(=O)N2CCC[C@H](C(=O)Nc3ccc(C)c(N(C)C)c3)C2)c(C)n(C)c1C. The van der Waals surface area contributed by atoms with Gasteiger partial charge >= 0.3 is 5.97 Å². The first kappa shape index (κ1) is 26.7. The van der Waals surface area contributed by atoms with E-state index in [2.05, 4.69) is 5.32 Å². The number of sulfonamides is 1. The Kier molecular flexibility index (Phi) is 7.96. The number of hydrogen-bond donors (Lipinski definition) is 1. The second-order valence-electron chi connectivity index (χ2n) is 9.24. The van der Waals surface area contributed by atoms with Crippen molar-refractivity contribution in [3.05, 3.63) is 40.7 Å². The Balaban J connectivity index is 1.87. The van der Waals surface area contributed by atoms with Crippen molar-refractivity contribution < 1.29 is 22.7 Å². The maximum Gasteiger partial charge on any atom is 0.341 e. The number of benzene rings is 1. The molecular formula is C25H36N4O5S. The summed E-state index contributed by atoms with van der Waals surface area (Å²) in [6, 6.07) is 5.70. The molecule has 1 aliphatic heterocycles. The van der Waals surface area contributed by atoms with Crippen LogP contribution in [0.15, 0.2) is 23.1 Å². The predicted molar refractivity (Wildman–Crippen MR) is 136 cm³/mol. The Morgan fingerprint density at radius 3 is 2.49 bits per heavy atom. The van der Waals surface area contributed by atoms with Crippen LogP contribution in [0.3, 0.4) is 0 Å². The van der Waals surface area contributed by atoms with Gasteiger partial charge in [0.25, 0.3) is 0 Å². The Morgan fingerprint density at radius 2 is 1.86 bits per heavy atom. The largest absolute Gasteiger partial charge is 0.462 e. The lowest BCUT2D eigenvalue weighted by Crippen LogP contribution is -2.44. The molecule has 1 atom stereocenters. The van der Waals surface area contributed by atoms with Crippen molar-refractivity contribution in [1.82, 2.24) is 8.87 Å². The Bertz CT molecular complexity index is 1230. The van der Waals surface area contributed by atoms with Gasteiger partial charge in [-0.15, -0.1) is 0 Å². The van der Waals surface area contributed by atoms with Crippen molar-refractivity contribution in [1.29, 1.82) is 0 Å². The smallest absolute Gasteiger partial charge is 0.341 e. The average Bonchev–Trinajstić information content (AvgIpc) is 3.04. The number of anilines is 2. The molecule has 1 aliphatic rings. The van der Waals surface area contributed by atoms with Crippen molar-refractivity contribution in [2.75, 3.05) is 44.0 Å². The summed E-state index contributed by atoms with van der Waals surface area (Å²) in [6.07, 6.45) is 1.13. The highest BCUT2D eigenvalue weighted by Crippen LogP contribution is 2.32. The van der Waals surface area contributed by atoms with Gasteiger partial charge in [-0.05, 0) is 58.2 Å². The van der Waals surface area contributed by atoms with Crippen molar-refractivity contribution >= 4 is 33.3 Å². The number of aryl methyl sites for hydroxylation is 1. The molecule has 2 aromatic rings. The zero-order valence-electron chi connectivity index (χ0n) is 21.6. The van der Waals surface area contributed by atoms with Gasteiger partial charge in [0.2, 0.25) is 15.9 Å². The molecular weight excluding hydrogens is 468 g/mol. The van der Waals surface area contributed by atoms with Crippen LogP contribution in [0, 0.1) is 26.7 Å². The quantitative estimate of drug-likeness (QED) is 0.581. The van der Waals surface area contributed by atoms with E-state index in [0.717, 1.165) is 11.3 Å². The third-order valence-electron chi connectivity index (χ3n) is 6.71. The van der Waals surface area contributed by atoms with Crippen LogP contribution in [0.4, 0.5) is 11.4 Å². The topological polar surface area (TPSA) is 101 Å². The maximum absolute atomic E-state index is 13.8. The second-order valence-corrected chi connectivity index (χ2v) is 11.1. The molecule has 3 rings (SSSR count). The number of rotatable bonds is 7. The van der Waals surface area contributed by atoms with Crippen LogP contribution in [-0.4, -0.2) is 63.0 Å². The van der Waals surface area contributed by atoms with Gasteiger partial charge in [-0.2, -0.15) is 4.31 Å². The molecule has 2 heterocycles. The molecule has 0 bridgehead atoms. The average molecular weight is 505 g/mol. The van der Waals surface area contributed by atoms with E-state index in [1.807, 2.05) is 44.1 Å². The molecule has 1 saturated heterocycles. The summed E-state index contributed by atoms with van der Waals surface area (Å²) in [6.45, 7) is 7.55. The fourth-order valence-corrected chi connectivity index (χ4v) is 6.60. The molecule has 0 saturated carbocycles. The van der Waals surface area contributed by atoms with Crippen molar-refractivity contribution in [2.45, 2.75) is 45.4 Å². The highest BCUT2D eigenvalue weighted by atomic mass is 32.2. The fraction of sp³-hybridized carbons (Fsp3) is 0.520. The van der Waals surface area contributed by atoms with Gasteiger partial charge in [0.05, 0.1) is 12.5 Å². The lowest BCUT2D eigenvalue weighted by molar-refractivity contribution is -0.120. The van der Waals surface area contributed by atoms with Crippen LogP contribution in [0.2, 0.25) is 0 Å². The van der Waals surface area contributed by atoms with Crippen LogP contribution in [-0.2, 0) is 26.6 Å². The summed E-state index contributed by atoms with van der Waals surface area (Å²) in [5, 5.41) is 2.95. The van der Waals surface area contributed by atoms with Gasteiger partial charge in [0.15, 0.2) is 0 Å². The molecule has 1 fully saturated rings. The summed E-state index contributed by atoms with van der Waals surface area (Å²) < 4.78 is 35.7. The summed E-state index contributed by atoms with van der Waals surface area (Å²) in [5.74, 6) is -1.38. The Morgan fingerprint density at radius 1 is 1.17 bits per heavy atom. The lowest BCUT2D eigenvalue weighted by Gasteiger charge is -2.31. The Hall–Kier alpha value is -2.85. The van der Waals surface area contributed by atoms with E-state index >= 15 is 0 Å². The number of carbonyl (C=O) groups is 2. The van der Waals surface area contributed by atoms with Gasteiger partial charge in [0.1, 0.15) is 10.5 Å². The minimum absolute atomic E-state index is 0.0360. The zero-order valence-corrected chi connectivity index (χ0v) is 22.5. The number of hydrogen-bond acceptors (Lipinski definition) is 6. The van der Waals surface area contributed by atoms with Gasteiger partial charge in [-0.3, -0.25) is 4.79 Å². The van der Waals surface area contributed by atoms with Crippen LogP contribution >= 0.6 is 0 Å². The maximum atomic E-state index is 13.8. The summed E-state index contributed by atoms with van der Waals surface area (Å²) in [7, 11) is 1.58. The van der Waals surface area contributed by atoms with Gasteiger partial charge < -0.3 is 19.5 Å². The van der Waals surface area contributed by atoms with E-state index in [1.165, 1.54) is 4.31 Å². The van der Waals surface area contributed by atoms with Crippen molar-refractivity contribution in [3.8, 4) is 0 Å². The first-order chi connectivity index (χ1) is 16.4. The second kappa shape index (κ2) is 10.4. The van der Waals surface area contributed by atoms with Crippen LogP contribution < -0.4 is 10.2 Å². The first-order valence-corrected chi connectivity index (χ1v) is 13.3. The molecule has 1 N–H and O–H groups in total. The number of aromatic nitrogens is 1. The monoisotopic (exact) mass is 504 g/mol. The number of nitrogens with one attached hydrogen (secondary N) is 1.